The van der Waals surface area contributed by atoms with Crippen LogP contribution in [0.5, 0.6) is 0 Å². The number of amides is 1. The molecule has 16 heavy (non-hydrogen) atoms. The summed E-state index contributed by atoms with van der Waals surface area (Å²) >= 11 is 0. The predicted octanol–water partition coefficient (Wildman–Crippen LogP) is 1.20. The Balaban J connectivity index is 2.75. The summed E-state index contributed by atoms with van der Waals surface area (Å²) in [5.41, 5.74) is 0.644. The maximum atomic E-state index is 12.8. The quantitative estimate of drug-likeness (QED) is 0.834. The van der Waals surface area contributed by atoms with E-state index >= 15 is 0 Å². The first-order valence-corrected chi connectivity index (χ1v) is 4.68. The lowest BCUT2D eigenvalue weighted by Gasteiger charge is -2.12. The van der Waals surface area contributed by atoms with E-state index in [4.69, 9.17) is 5.26 Å². The summed E-state index contributed by atoms with van der Waals surface area (Å²) < 4.78 is 12.8. The third-order valence-corrected chi connectivity index (χ3v) is 2.03. The van der Waals surface area contributed by atoms with Crippen LogP contribution in [0.25, 0.3) is 0 Å². The lowest BCUT2D eigenvalue weighted by atomic mass is 10.2. The summed E-state index contributed by atoms with van der Waals surface area (Å²) in [5.74, 6) is -0.589. The van der Waals surface area contributed by atoms with Crippen molar-refractivity contribution >= 4 is 11.6 Å². The first kappa shape index (κ1) is 12.0. The Kier molecular flexibility index (Phi) is 3.84. The van der Waals surface area contributed by atoms with Crippen LogP contribution in [-0.4, -0.2) is 31.4 Å². The third-order valence-electron chi connectivity index (χ3n) is 2.03. The molecule has 84 valence electrons. The van der Waals surface area contributed by atoms with Crippen LogP contribution >= 0.6 is 0 Å². The fourth-order valence-corrected chi connectivity index (χ4v) is 1.09. The number of anilines is 1. The van der Waals surface area contributed by atoms with Crippen LogP contribution in [-0.2, 0) is 4.79 Å². The van der Waals surface area contributed by atoms with Gasteiger partial charge in [0.25, 0.3) is 0 Å². The van der Waals surface area contributed by atoms with Crippen LogP contribution in [0.15, 0.2) is 18.2 Å². The zero-order valence-electron chi connectivity index (χ0n) is 9.12. The van der Waals surface area contributed by atoms with Crippen LogP contribution in [0.3, 0.4) is 0 Å². The Morgan fingerprint density at radius 2 is 2.25 bits per heavy atom. The average molecular weight is 221 g/mol. The molecule has 5 heteroatoms. The van der Waals surface area contributed by atoms with Crippen molar-refractivity contribution in [3.63, 3.8) is 0 Å². The van der Waals surface area contributed by atoms with Gasteiger partial charge >= 0.3 is 0 Å². The number of nitrogens with one attached hydrogen (secondary N) is 1. The molecule has 0 saturated carbocycles. The molecule has 0 unspecified atom stereocenters. The number of nitriles is 1. The number of hydrogen-bond acceptors (Lipinski definition) is 3. The van der Waals surface area contributed by atoms with Crippen molar-refractivity contribution in [2.24, 2.45) is 0 Å². The van der Waals surface area contributed by atoms with Gasteiger partial charge in [-0.2, -0.15) is 5.26 Å². The molecule has 0 aliphatic rings. The van der Waals surface area contributed by atoms with Gasteiger partial charge in [0.1, 0.15) is 11.9 Å². The lowest BCUT2D eigenvalue weighted by molar-refractivity contribution is -0.126. The fourth-order valence-electron chi connectivity index (χ4n) is 1.09. The zero-order chi connectivity index (χ0) is 12.1. The molecule has 4 nitrogen and oxygen atoms in total. The molecule has 1 amide bonds. The number of nitrogens with zero attached hydrogens (tertiary/aromatic N) is 2. The summed E-state index contributed by atoms with van der Waals surface area (Å²) in [6.07, 6.45) is 0. The minimum Gasteiger partial charge on any atom is -0.375 e. The molecule has 1 rings (SSSR count). The molecular formula is C11H12FN3O. The van der Waals surface area contributed by atoms with E-state index in [0.29, 0.717) is 5.69 Å². The third kappa shape index (κ3) is 2.95. The fraction of sp³-hybridized carbons (Fsp3) is 0.273. The molecular weight excluding hydrogens is 209 g/mol. The standard InChI is InChI=1S/C11H12FN3O/c1-15(2)11(16)7-14-10-4-3-9(12)5-8(10)6-13/h3-5,14H,7H2,1-2H3. The molecule has 0 aliphatic carbocycles. The largest absolute Gasteiger partial charge is 0.375 e. The average Bonchev–Trinajstić information content (AvgIpc) is 2.26. The SMILES string of the molecule is CN(C)C(=O)CNc1ccc(F)cc1C#N. The van der Waals surface area contributed by atoms with E-state index in [1.807, 2.05) is 6.07 Å². The summed E-state index contributed by atoms with van der Waals surface area (Å²) in [7, 11) is 3.28. The minimum absolute atomic E-state index is 0.0767. The van der Waals surface area contributed by atoms with Crippen LogP contribution in [0, 0.1) is 17.1 Å². The summed E-state index contributed by atoms with van der Waals surface area (Å²) in [5, 5.41) is 11.6. The highest BCUT2D eigenvalue weighted by atomic mass is 19.1. The van der Waals surface area contributed by atoms with E-state index < -0.39 is 5.82 Å². The van der Waals surface area contributed by atoms with Gasteiger partial charge in [0, 0.05) is 14.1 Å². The maximum Gasteiger partial charge on any atom is 0.241 e. The minimum atomic E-state index is -0.471. The van der Waals surface area contributed by atoms with Crippen molar-refractivity contribution in [2.75, 3.05) is 26.0 Å². The van der Waals surface area contributed by atoms with E-state index in [0.717, 1.165) is 6.07 Å². The van der Waals surface area contributed by atoms with Crippen LogP contribution in [0.4, 0.5) is 10.1 Å². The van der Waals surface area contributed by atoms with Gasteiger partial charge in [-0.25, -0.2) is 4.39 Å². The lowest BCUT2D eigenvalue weighted by Crippen LogP contribution is -2.28. The van der Waals surface area contributed by atoms with Gasteiger partial charge in [-0.15, -0.1) is 0 Å². The second-order valence-corrected chi connectivity index (χ2v) is 3.44. The van der Waals surface area contributed by atoms with Gasteiger partial charge in [-0.05, 0) is 18.2 Å². The van der Waals surface area contributed by atoms with Crippen molar-refractivity contribution in [3.05, 3.63) is 29.6 Å². The van der Waals surface area contributed by atoms with Crippen LogP contribution < -0.4 is 5.32 Å². The topological polar surface area (TPSA) is 56.1 Å². The van der Waals surface area contributed by atoms with E-state index in [1.54, 1.807) is 14.1 Å². The molecule has 1 aromatic carbocycles. The highest BCUT2D eigenvalue weighted by Crippen LogP contribution is 2.15. The van der Waals surface area contributed by atoms with E-state index in [1.165, 1.54) is 17.0 Å². The normalized spacial score (nSPS) is 9.38. The van der Waals surface area contributed by atoms with Crippen LogP contribution in [0.1, 0.15) is 5.56 Å². The molecule has 0 aromatic heterocycles. The van der Waals surface area contributed by atoms with Gasteiger partial charge in [0.15, 0.2) is 0 Å². The second kappa shape index (κ2) is 5.12. The molecule has 1 aromatic rings. The molecule has 0 spiro atoms. The first-order valence-electron chi connectivity index (χ1n) is 4.68. The number of halogens is 1. The summed E-state index contributed by atoms with van der Waals surface area (Å²) in [4.78, 5) is 12.7. The van der Waals surface area contributed by atoms with E-state index in [-0.39, 0.29) is 18.0 Å². The Morgan fingerprint density at radius 1 is 1.56 bits per heavy atom. The van der Waals surface area contributed by atoms with Gasteiger partial charge in [0.2, 0.25) is 5.91 Å². The Labute approximate surface area is 93.3 Å². The molecule has 0 saturated heterocycles. The first-order chi connectivity index (χ1) is 7.54. The van der Waals surface area contributed by atoms with Gasteiger partial charge in [-0.1, -0.05) is 0 Å². The van der Waals surface area contributed by atoms with E-state index in [2.05, 4.69) is 5.32 Å². The van der Waals surface area contributed by atoms with E-state index in [9.17, 15) is 9.18 Å². The number of benzene rings is 1. The number of rotatable bonds is 3. The highest BCUT2D eigenvalue weighted by molar-refractivity contribution is 5.80. The molecule has 0 aliphatic heterocycles. The number of hydrogen-bond donors (Lipinski definition) is 1. The molecule has 0 bridgehead atoms. The Bertz CT molecular complexity index is 437. The smallest absolute Gasteiger partial charge is 0.241 e. The predicted molar refractivity (Wildman–Crippen MR) is 58.3 cm³/mol. The van der Waals surface area contributed by atoms with Gasteiger partial charge in [0.05, 0.1) is 17.8 Å². The van der Waals surface area contributed by atoms with Crippen molar-refractivity contribution < 1.29 is 9.18 Å². The number of carbonyl (C=O) groups is 1. The van der Waals surface area contributed by atoms with Gasteiger partial charge in [-0.3, -0.25) is 4.79 Å². The molecule has 0 fully saturated rings. The van der Waals surface area contributed by atoms with Gasteiger partial charge < -0.3 is 10.2 Å². The molecule has 0 heterocycles. The highest BCUT2D eigenvalue weighted by Gasteiger charge is 2.06. The summed E-state index contributed by atoms with van der Waals surface area (Å²) in [6.45, 7) is 0.0767. The Hall–Kier alpha value is -2.09. The van der Waals surface area contributed by atoms with Crippen molar-refractivity contribution in [2.45, 2.75) is 0 Å². The zero-order valence-corrected chi connectivity index (χ0v) is 9.12. The molecule has 0 atom stereocenters. The monoisotopic (exact) mass is 221 g/mol. The number of likely N-dealkylation sites (N-methyl/N-ethyl adjacent to an activating group) is 1. The van der Waals surface area contributed by atoms with Crippen molar-refractivity contribution in [1.29, 1.82) is 5.26 Å². The van der Waals surface area contributed by atoms with Crippen molar-refractivity contribution in [3.8, 4) is 6.07 Å². The second-order valence-electron chi connectivity index (χ2n) is 3.44. The Morgan fingerprint density at radius 3 is 2.81 bits per heavy atom. The molecule has 1 N–H and O–H groups in total. The molecule has 0 radical (unpaired) electrons. The van der Waals surface area contributed by atoms with Crippen molar-refractivity contribution in [1.82, 2.24) is 4.90 Å². The summed E-state index contributed by atoms with van der Waals surface area (Å²) in [6, 6.07) is 5.67. The maximum absolute atomic E-state index is 12.8. The van der Waals surface area contributed by atoms with Crippen LogP contribution in [0.2, 0.25) is 0 Å². The number of carbonyl (C=O) groups excluding carboxylic acids is 1.